The average Bonchev–Trinajstić information content (AvgIpc) is 3.41. The summed E-state index contributed by atoms with van der Waals surface area (Å²) in [5.41, 5.74) is 3.04. The van der Waals surface area contributed by atoms with Crippen LogP contribution in [0.3, 0.4) is 0 Å². The quantitative estimate of drug-likeness (QED) is 0.445. The van der Waals surface area contributed by atoms with Gasteiger partial charge in [0, 0.05) is 36.2 Å². The highest BCUT2D eigenvalue weighted by atomic mass is 35.5. The molecule has 9 heteroatoms. The summed E-state index contributed by atoms with van der Waals surface area (Å²) in [6.07, 6.45) is 1.79. The van der Waals surface area contributed by atoms with Gasteiger partial charge >= 0.3 is 0 Å². The molecule has 5 rings (SSSR count). The van der Waals surface area contributed by atoms with Gasteiger partial charge in [-0.3, -0.25) is 9.48 Å². The van der Waals surface area contributed by atoms with E-state index in [0.717, 1.165) is 45.9 Å². The summed E-state index contributed by atoms with van der Waals surface area (Å²) in [5, 5.41) is 9.43. The fourth-order valence-corrected chi connectivity index (χ4v) is 5.10. The van der Waals surface area contributed by atoms with Gasteiger partial charge in [-0.25, -0.2) is 4.98 Å². The van der Waals surface area contributed by atoms with Crippen molar-refractivity contribution in [3.8, 4) is 0 Å². The molecule has 0 unspecified atom stereocenters. The predicted molar refractivity (Wildman–Crippen MR) is 131 cm³/mol. The van der Waals surface area contributed by atoms with Crippen molar-refractivity contribution in [3.63, 3.8) is 0 Å². The maximum Gasteiger partial charge on any atom is 0.261 e. The van der Waals surface area contributed by atoms with Gasteiger partial charge in [0.05, 0.1) is 30.3 Å². The van der Waals surface area contributed by atoms with Crippen molar-refractivity contribution in [2.45, 2.75) is 20.0 Å². The molecular formula is C24H24ClN5O2S. The van der Waals surface area contributed by atoms with Crippen molar-refractivity contribution in [2.24, 2.45) is 0 Å². The third-order valence-corrected chi connectivity index (χ3v) is 7.07. The first-order valence-electron chi connectivity index (χ1n) is 10.8. The fourth-order valence-electron chi connectivity index (χ4n) is 3.90. The van der Waals surface area contributed by atoms with Crippen molar-refractivity contribution in [1.82, 2.24) is 20.1 Å². The van der Waals surface area contributed by atoms with Gasteiger partial charge in [0.25, 0.3) is 5.91 Å². The summed E-state index contributed by atoms with van der Waals surface area (Å²) >= 11 is 7.46. The number of anilines is 1. The molecule has 1 aromatic carbocycles. The summed E-state index contributed by atoms with van der Waals surface area (Å²) in [6, 6.07) is 13.6. The molecule has 0 spiro atoms. The van der Waals surface area contributed by atoms with E-state index < -0.39 is 0 Å². The van der Waals surface area contributed by atoms with Crippen molar-refractivity contribution in [2.75, 3.05) is 31.2 Å². The minimum Gasteiger partial charge on any atom is -0.378 e. The molecule has 0 atom stereocenters. The normalized spacial score (nSPS) is 14.1. The van der Waals surface area contributed by atoms with E-state index in [1.54, 1.807) is 6.20 Å². The van der Waals surface area contributed by atoms with Gasteiger partial charge in [0.1, 0.15) is 10.6 Å². The van der Waals surface area contributed by atoms with E-state index in [2.05, 4.69) is 20.3 Å². The van der Waals surface area contributed by atoms with Crippen LogP contribution in [-0.4, -0.2) is 47.0 Å². The lowest BCUT2D eigenvalue weighted by molar-refractivity contribution is 0.0955. The molecule has 1 aliphatic heterocycles. The molecule has 7 nitrogen and oxygen atoms in total. The number of hydrogen-bond acceptors (Lipinski definition) is 6. The van der Waals surface area contributed by atoms with Crippen LogP contribution in [0.1, 0.15) is 26.5 Å². The zero-order valence-corrected chi connectivity index (χ0v) is 19.8. The molecule has 0 aliphatic carbocycles. The second-order valence-corrected chi connectivity index (χ2v) is 9.47. The number of nitrogens with zero attached hydrogens (tertiary/aromatic N) is 4. The Bertz CT molecular complexity index is 1280. The second kappa shape index (κ2) is 9.51. The van der Waals surface area contributed by atoms with Gasteiger partial charge < -0.3 is 15.0 Å². The van der Waals surface area contributed by atoms with Crippen molar-refractivity contribution >= 4 is 44.9 Å². The summed E-state index contributed by atoms with van der Waals surface area (Å²) < 4.78 is 7.37. The number of carbonyl (C=O) groups is 1. The molecular weight excluding hydrogens is 458 g/mol. The van der Waals surface area contributed by atoms with Gasteiger partial charge in [-0.15, -0.1) is 11.3 Å². The number of halogens is 1. The molecule has 3 aromatic heterocycles. The first-order valence-corrected chi connectivity index (χ1v) is 12.0. The van der Waals surface area contributed by atoms with E-state index in [0.29, 0.717) is 36.2 Å². The number of aryl methyl sites for hydroxylation is 1. The zero-order chi connectivity index (χ0) is 22.8. The van der Waals surface area contributed by atoms with Crippen LogP contribution in [0.25, 0.3) is 10.2 Å². The van der Waals surface area contributed by atoms with Crippen LogP contribution in [0, 0.1) is 6.92 Å². The number of morpholine rings is 1. The topological polar surface area (TPSA) is 72.3 Å². The van der Waals surface area contributed by atoms with E-state index >= 15 is 0 Å². The van der Waals surface area contributed by atoms with Gasteiger partial charge in [0.2, 0.25) is 0 Å². The lowest BCUT2D eigenvalue weighted by atomic mass is 10.2. The highest BCUT2D eigenvalue weighted by Crippen LogP contribution is 2.29. The highest BCUT2D eigenvalue weighted by molar-refractivity contribution is 7.20. The summed E-state index contributed by atoms with van der Waals surface area (Å²) in [6.45, 7) is 6.13. The first kappa shape index (κ1) is 21.9. The Kier molecular flexibility index (Phi) is 6.30. The number of benzene rings is 1. The number of rotatable bonds is 6. The SMILES string of the molecule is Cc1nn(Cc2ccc(Cl)cc2)c2sc(C(=O)NCc3ccnc(N4CCOCC4)c3)cc12. The smallest absolute Gasteiger partial charge is 0.261 e. The highest BCUT2D eigenvalue weighted by Gasteiger charge is 2.17. The van der Waals surface area contributed by atoms with E-state index in [4.69, 9.17) is 16.3 Å². The first-order chi connectivity index (χ1) is 16.1. The van der Waals surface area contributed by atoms with Crippen LogP contribution in [0.15, 0.2) is 48.7 Å². The molecule has 4 heterocycles. The molecule has 1 N–H and O–H groups in total. The Hall–Kier alpha value is -2.94. The van der Waals surface area contributed by atoms with Gasteiger partial charge in [0.15, 0.2) is 0 Å². The van der Waals surface area contributed by atoms with Crippen LogP contribution in [0.2, 0.25) is 5.02 Å². The molecule has 1 amide bonds. The lowest BCUT2D eigenvalue weighted by Crippen LogP contribution is -2.36. The molecule has 170 valence electrons. The second-order valence-electron chi connectivity index (χ2n) is 8.00. The number of pyridine rings is 1. The molecule has 1 fully saturated rings. The van der Waals surface area contributed by atoms with Crippen LogP contribution in [0.4, 0.5) is 5.82 Å². The number of fused-ring (bicyclic) bond motifs is 1. The number of aromatic nitrogens is 3. The molecule has 1 aliphatic rings. The third kappa shape index (κ3) is 4.88. The number of amides is 1. The number of nitrogens with one attached hydrogen (secondary N) is 1. The average molecular weight is 482 g/mol. The summed E-state index contributed by atoms with van der Waals surface area (Å²) in [7, 11) is 0. The number of thiophene rings is 1. The Balaban J connectivity index is 1.28. The van der Waals surface area contributed by atoms with E-state index in [1.165, 1.54) is 11.3 Å². The third-order valence-electron chi connectivity index (χ3n) is 5.67. The molecule has 0 bridgehead atoms. The minimum absolute atomic E-state index is 0.0848. The minimum atomic E-state index is -0.0848. The monoisotopic (exact) mass is 481 g/mol. The molecule has 33 heavy (non-hydrogen) atoms. The van der Waals surface area contributed by atoms with Gasteiger partial charge in [-0.05, 0) is 48.4 Å². The Morgan fingerprint density at radius 3 is 2.73 bits per heavy atom. The zero-order valence-electron chi connectivity index (χ0n) is 18.3. The number of hydrogen-bond donors (Lipinski definition) is 1. The lowest BCUT2D eigenvalue weighted by Gasteiger charge is -2.28. The Morgan fingerprint density at radius 1 is 1.15 bits per heavy atom. The molecule has 0 saturated carbocycles. The fraction of sp³-hybridized carbons (Fsp3) is 0.292. The Morgan fingerprint density at radius 2 is 1.94 bits per heavy atom. The van der Waals surface area contributed by atoms with Crippen LogP contribution in [-0.2, 0) is 17.8 Å². The number of ether oxygens (including phenoxy) is 1. The van der Waals surface area contributed by atoms with Crippen molar-refractivity contribution < 1.29 is 9.53 Å². The molecule has 1 saturated heterocycles. The summed E-state index contributed by atoms with van der Waals surface area (Å²) in [4.78, 5) is 21.2. The van der Waals surface area contributed by atoms with Crippen LogP contribution >= 0.6 is 22.9 Å². The summed E-state index contributed by atoms with van der Waals surface area (Å²) in [5.74, 6) is 0.836. The van der Waals surface area contributed by atoms with Crippen molar-refractivity contribution in [3.05, 3.63) is 75.4 Å². The number of carbonyl (C=O) groups excluding carboxylic acids is 1. The molecule has 4 aromatic rings. The van der Waals surface area contributed by atoms with Crippen LogP contribution < -0.4 is 10.2 Å². The largest absolute Gasteiger partial charge is 0.378 e. The predicted octanol–water partition coefficient (Wildman–Crippen LogP) is 4.27. The molecule has 0 radical (unpaired) electrons. The van der Waals surface area contributed by atoms with Gasteiger partial charge in [-0.2, -0.15) is 5.10 Å². The standard InChI is InChI=1S/C24H24ClN5O2S/c1-16-20-13-21(33-24(20)30(28-16)15-17-2-4-19(25)5-3-17)23(31)27-14-18-6-7-26-22(12-18)29-8-10-32-11-9-29/h2-7,12-13H,8-11,14-15H2,1H3,(H,27,31). The van der Waals surface area contributed by atoms with E-state index in [-0.39, 0.29) is 5.91 Å². The van der Waals surface area contributed by atoms with E-state index in [1.807, 2.05) is 54.1 Å². The van der Waals surface area contributed by atoms with Gasteiger partial charge in [-0.1, -0.05) is 23.7 Å². The van der Waals surface area contributed by atoms with Crippen LogP contribution in [0.5, 0.6) is 0 Å². The maximum absolute atomic E-state index is 12.9. The van der Waals surface area contributed by atoms with E-state index in [9.17, 15) is 4.79 Å². The Labute approximate surface area is 200 Å². The maximum atomic E-state index is 12.9. The van der Waals surface area contributed by atoms with Crippen molar-refractivity contribution in [1.29, 1.82) is 0 Å².